The summed E-state index contributed by atoms with van der Waals surface area (Å²) >= 11 is 0. The molecular weight excluding hydrogens is 336 g/mol. The van der Waals surface area contributed by atoms with Crippen molar-refractivity contribution in [1.82, 2.24) is 20.0 Å². The largest absolute Gasteiger partial charge is 0.339 e. The molecular formula is C22H20N4O. The van der Waals surface area contributed by atoms with Crippen LogP contribution in [-0.2, 0) is 6.54 Å². The van der Waals surface area contributed by atoms with E-state index in [1.54, 1.807) is 0 Å². The Morgan fingerprint density at radius 3 is 2.81 bits per heavy atom. The fourth-order valence-electron chi connectivity index (χ4n) is 3.82. The van der Waals surface area contributed by atoms with Crippen LogP contribution in [0.4, 0.5) is 0 Å². The smallest absolute Gasteiger partial charge is 0.231 e. The third-order valence-electron chi connectivity index (χ3n) is 5.21. The predicted molar refractivity (Wildman–Crippen MR) is 104 cm³/mol. The third kappa shape index (κ3) is 3.22. The molecule has 0 bridgehead atoms. The molecule has 0 N–H and O–H groups in total. The van der Waals surface area contributed by atoms with E-state index < -0.39 is 0 Å². The van der Waals surface area contributed by atoms with Crippen LogP contribution in [0.15, 0.2) is 71.4 Å². The third-order valence-corrected chi connectivity index (χ3v) is 5.21. The van der Waals surface area contributed by atoms with Crippen LogP contribution in [0.3, 0.4) is 0 Å². The van der Waals surface area contributed by atoms with Crippen molar-refractivity contribution < 1.29 is 4.52 Å². The van der Waals surface area contributed by atoms with E-state index in [4.69, 9.17) is 4.52 Å². The highest BCUT2D eigenvalue weighted by Gasteiger charge is 2.28. The van der Waals surface area contributed by atoms with E-state index in [2.05, 4.69) is 44.3 Å². The first-order chi connectivity index (χ1) is 13.4. The number of rotatable bonds is 4. The first-order valence-corrected chi connectivity index (χ1v) is 9.31. The summed E-state index contributed by atoms with van der Waals surface area (Å²) in [6, 6.07) is 20.5. The van der Waals surface area contributed by atoms with Gasteiger partial charge in [-0.05, 0) is 24.6 Å². The molecule has 2 aromatic carbocycles. The van der Waals surface area contributed by atoms with Gasteiger partial charge in [0.2, 0.25) is 11.7 Å². The van der Waals surface area contributed by atoms with Gasteiger partial charge in [0.15, 0.2) is 0 Å². The molecule has 5 rings (SSSR count). The van der Waals surface area contributed by atoms with Gasteiger partial charge in [-0.3, -0.25) is 9.88 Å². The number of para-hydroxylation sites is 1. The van der Waals surface area contributed by atoms with Gasteiger partial charge in [-0.1, -0.05) is 59.8 Å². The van der Waals surface area contributed by atoms with E-state index in [9.17, 15) is 0 Å². The Bertz CT molecular complexity index is 1050. The second-order valence-corrected chi connectivity index (χ2v) is 7.04. The lowest BCUT2D eigenvalue weighted by Gasteiger charge is -2.16. The molecule has 0 amide bonds. The van der Waals surface area contributed by atoms with E-state index in [1.807, 2.05) is 42.6 Å². The molecule has 1 saturated heterocycles. The first kappa shape index (κ1) is 16.1. The number of nitrogens with zero attached hydrogens (tertiary/aromatic N) is 4. The van der Waals surface area contributed by atoms with Crippen LogP contribution in [-0.4, -0.2) is 33.1 Å². The monoisotopic (exact) mass is 356 g/mol. The molecule has 0 spiro atoms. The predicted octanol–water partition coefficient (Wildman–Crippen LogP) is 4.27. The normalized spacial score (nSPS) is 17.6. The van der Waals surface area contributed by atoms with Gasteiger partial charge in [0.25, 0.3) is 0 Å². The maximum atomic E-state index is 5.57. The van der Waals surface area contributed by atoms with Gasteiger partial charge in [0, 0.05) is 30.2 Å². The average Bonchev–Trinajstić information content (AvgIpc) is 3.39. The molecule has 1 aliphatic rings. The molecule has 2 aromatic heterocycles. The highest BCUT2D eigenvalue weighted by molar-refractivity contribution is 5.81. The number of hydrogen-bond donors (Lipinski definition) is 0. The quantitative estimate of drug-likeness (QED) is 0.546. The van der Waals surface area contributed by atoms with Crippen LogP contribution in [0.25, 0.3) is 22.3 Å². The van der Waals surface area contributed by atoms with Gasteiger partial charge >= 0.3 is 0 Å². The van der Waals surface area contributed by atoms with E-state index in [-0.39, 0.29) is 5.92 Å². The average molecular weight is 356 g/mol. The number of aromatic nitrogens is 3. The zero-order valence-electron chi connectivity index (χ0n) is 15.0. The van der Waals surface area contributed by atoms with Crippen molar-refractivity contribution in [2.24, 2.45) is 0 Å². The Balaban J connectivity index is 1.31. The van der Waals surface area contributed by atoms with Crippen molar-refractivity contribution in [2.45, 2.75) is 18.9 Å². The van der Waals surface area contributed by atoms with Crippen molar-refractivity contribution in [3.63, 3.8) is 0 Å². The van der Waals surface area contributed by atoms with E-state index in [0.29, 0.717) is 5.82 Å². The topological polar surface area (TPSA) is 55.1 Å². The van der Waals surface area contributed by atoms with Gasteiger partial charge in [0.05, 0.1) is 11.4 Å². The fraction of sp³-hybridized carbons (Fsp3) is 0.227. The van der Waals surface area contributed by atoms with Crippen molar-refractivity contribution in [2.75, 3.05) is 13.1 Å². The molecule has 5 heteroatoms. The van der Waals surface area contributed by atoms with E-state index in [1.165, 1.54) is 10.9 Å². The molecule has 0 saturated carbocycles. The summed E-state index contributed by atoms with van der Waals surface area (Å²) in [5, 5.41) is 5.36. The Kier molecular flexibility index (Phi) is 4.14. The lowest BCUT2D eigenvalue weighted by molar-refractivity contribution is 0.310. The molecule has 0 radical (unpaired) electrons. The van der Waals surface area contributed by atoms with Crippen LogP contribution >= 0.6 is 0 Å². The summed E-state index contributed by atoms with van der Waals surface area (Å²) in [6.45, 7) is 2.85. The first-order valence-electron chi connectivity index (χ1n) is 9.31. The molecule has 1 aliphatic heterocycles. The minimum atomic E-state index is 0.290. The second kappa shape index (κ2) is 6.93. The molecule has 1 fully saturated rings. The number of pyridine rings is 1. The summed E-state index contributed by atoms with van der Waals surface area (Å²) < 4.78 is 5.57. The molecule has 0 unspecified atom stereocenters. The zero-order chi connectivity index (χ0) is 18.1. The molecule has 27 heavy (non-hydrogen) atoms. The second-order valence-electron chi connectivity index (χ2n) is 7.04. The summed E-state index contributed by atoms with van der Waals surface area (Å²) in [7, 11) is 0. The standard InChI is InChI=1S/C22H20N4O/c1-2-6-17(7-3-1)21-24-22(27-25-21)19-11-13-26(15-19)14-18-9-4-8-16-10-5-12-23-20(16)18/h1-10,12,19H,11,13-15H2/t19-/m0/s1. The number of hydrogen-bond acceptors (Lipinski definition) is 5. The minimum absolute atomic E-state index is 0.290. The van der Waals surface area contributed by atoms with Gasteiger partial charge in [-0.2, -0.15) is 4.98 Å². The lowest BCUT2D eigenvalue weighted by Crippen LogP contribution is -2.20. The maximum absolute atomic E-state index is 5.57. The van der Waals surface area contributed by atoms with Gasteiger partial charge in [0.1, 0.15) is 0 Å². The maximum Gasteiger partial charge on any atom is 0.231 e. The summed E-state index contributed by atoms with van der Waals surface area (Å²) in [4.78, 5) is 11.7. The summed E-state index contributed by atoms with van der Waals surface area (Å²) in [5.74, 6) is 1.70. The molecule has 5 nitrogen and oxygen atoms in total. The molecule has 0 aliphatic carbocycles. The van der Waals surface area contributed by atoms with E-state index >= 15 is 0 Å². The van der Waals surface area contributed by atoms with Crippen LogP contribution in [0, 0.1) is 0 Å². The SMILES string of the molecule is c1ccc(-c2noc([C@H]3CCN(Cc4cccc5cccnc45)C3)n2)cc1. The molecule has 4 aromatic rings. The van der Waals surface area contributed by atoms with E-state index in [0.717, 1.165) is 43.0 Å². The summed E-state index contributed by atoms with van der Waals surface area (Å²) in [5.41, 5.74) is 3.35. The van der Waals surface area contributed by atoms with Crippen molar-refractivity contribution in [3.05, 3.63) is 78.3 Å². The van der Waals surface area contributed by atoms with Crippen molar-refractivity contribution in [3.8, 4) is 11.4 Å². The van der Waals surface area contributed by atoms with Crippen molar-refractivity contribution >= 4 is 10.9 Å². The Labute approximate surface area is 157 Å². The van der Waals surface area contributed by atoms with Crippen LogP contribution < -0.4 is 0 Å². The lowest BCUT2D eigenvalue weighted by atomic mass is 10.1. The summed E-state index contributed by atoms with van der Waals surface area (Å²) in [6.07, 6.45) is 2.90. The molecule has 134 valence electrons. The number of fused-ring (bicyclic) bond motifs is 1. The highest BCUT2D eigenvalue weighted by atomic mass is 16.5. The highest BCUT2D eigenvalue weighted by Crippen LogP contribution is 2.29. The Morgan fingerprint density at radius 1 is 1.00 bits per heavy atom. The Hall–Kier alpha value is -3.05. The van der Waals surface area contributed by atoms with Gasteiger partial charge in [-0.15, -0.1) is 0 Å². The number of likely N-dealkylation sites (tertiary alicyclic amines) is 1. The fourth-order valence-corrected chi connectivity index (χ4v) is 3.82. The zero-order valence-corrected chi connectivity index (χ0v) is 15.0. The van der Waals surface area contributed by atoms with Gasteiger partial charge < -0.3 is 4.52 Å². The van der Waals surface area contributed by atoms with Crippen LogP contribution in [0.1, 0.15) is 23.8 Å². The minimum Gasteiger partial charge on any atom is -0.339 e. The van der Waals surface area contributed by atoms with Gasteiger partial charge in [-0.25, -0.2) is 0 Å². The molecule has 1 atom stereocenters. The Morgan fingerprint density at radius 2 is 1.89 bits per heavy atom. The van der Waals surface area contributed by atoms with Crippen LogP contribution in [0.5, 0.6) is 0 Å². The number of benzene rings is 2. The molecule has 3 heterocycles. The van der Waals surface area contributed by atoms with Crippen LogP contribution in [0.2, 0.25) is 0 Å². The van der Waals surface area contributed by atoms with Crippen molar-refractivity contribution in [1.29, 1.82) is 0 Å².